The standard InChI is InChI=1S/C12H14BNO/c1-8(2)14-6-5-9-3-4-10(13)7-11(9)12(14)15/h3-4,7-8H,5-6H2,1-2H3. The Labute approximate surface area is 91.7 Å². The first kappa shape index (κ1) is 10.3. The summed E-state index contributed by atoms with van der Waals surface area (Å²) in [4.78, 5) is 14.0. The van der Waals surface area contributed by atoms with Crippen molar-refractivity contribution in [3.8, 4) is 0 Å². The van der Waals surface area contributed by atoms with E-state index in [1.807, 2.05) is 30.9 Å². The molecule has 0 N–H and O–H groups in total. The molecule has 2 rings (SSSR count). The Morgan fingerprint density at radius 3 is 2.80 bits per heavy atom. The van der Waals surface area contributed by atoms with Crippen LogP contribution in [-0.4, -0.2) is 31.2 Å². The van der Waals surface area contributed by atoms with Crippen LogP contribution in [0.25, 0.3) is 0 Å². The van der Waals surface area contributed by atoms with Gasteiger partial charge in [0, 0.05) is 18.2 Å². The quantitative estimate of drug-likeness (QED) is 0.615. The molecule has 1 aromatic rings. The number of rotatable bonds is 1. The van der Waals surface area contributed by atoms with E-state index in [9.17, 15) is 4.79 Å². The molecule has 76 valence electrons. The first-order valence-electron chi connectivity index (χ1n) is 5.29. The Morgan fingerprint density at radius 1 is 1.40 bits per heavy atom. The summed E-state index contributed by atoms with van der Waals surface area (Å²) in [5.41, 5.74) is 2.55. The number of carbonyl (C=O) groups excluding carboxylic acids is 1. The SMILES string of the molecule is [B]c1ccc2c(c1)C(=O)N(C(C)C)CC2. The molecule has 0 atom stereocenters. The predicted molar refractivity (Wildman–Crippen MR) is 61.7 cm³/mol. The Hall–Kier alpha value is -1.25. The normalized spacial score (nSPS) is 15.7. The fraction of sp³-hybridized carbons (Fsp3) is 0.417. The molecule has 1 aliphatic heterocycles. The minimum atomic E-state index is 0.110. The molecule has 2 radical (unpaired) electrons. The summed E-state index contributed by atoms with van der Waals surface area (Å²) in [6.45, 7) is 4.89. The lowest BCUT2D eigenvalue weighted by molar-refractivity contribution is 0.0688. The third kappa shape index (κ3) is 1.78. The summed E-state index contributed by atoms with van der Waals surface area (Å²) < 4.78 is 0. The largest absolute Gasteiger partial charge is 0.336 e. The molecule has 1 heterocycles. The van der Waals surface area contributed by atoms with Gasteiger partial charge in [0.15, 0.2) is 0 Å². The Bertz CT molecular complexity index is 401. The van der Waals surface area contributed by atoms with Crippen LogP contribution in [0.15, 0.2) is 18.2 Å². The van der Waals surface area contributed by atoms with E-state index in [0.717, 1.165) is 24.1 Å². The fourth-order valence-corrected chi connectivity index (χ4v) is 2.00. The molecule has 15 heavy (non-hydrogen) atoms. The maximum Gasteiger partial charge on any atom is 0.254 e. The van der Waals surface area contributed by atoms with Crippen LogP contribution in [0, 0.1) is 0 Å². The molecule has 0 spiro atoms. The lowest BCUT2D eigenvalue weighted by atomic mass is 9.89. The average Bonchev–Trinajstić information content (AvgIpc) is 2.19. The fourth-order valence-electron chi connectivity index (χ4n) is 2.00. The van der Waals surface area contributed by atoms with Crippen LogP contribution in [0.1, 0.15) is 29.8 Å². The number of fused-ring (bicyclic) bond motifs is 1. The average molecular weight is 199 g/mol. The maximum absolute atomic E-state index is 12.1. The second kappa shape index (κ2) is 3.72. The van der Waals surface area contributed by atoms with Gasteiger partial charge in [-0.3, -0.25) is 4.79 Å². The summed E-state index contributed by atoms with van der Waals surface area (Å²) in [6.07, 6.45) is 0.930. The summed E-state index contributed by atoms with van der Waals surface area (Å²) in [6, 6.07) is 5.86. The van der Waals surface area contributed by atoms with Gasteiger partial charge in [0.2, 0.25) is 0 Å². The smallest absolute Gasteiger partial charge is 0.254 e. The van der Waals surface area contributed by atoms with E-state index < -0.39 is 0 Å². The van der Waals surface area contributed by atoms with Crippen LogP contribution in [0.4, 0.5) is 0 Å². The molecule has 0 fully saturated rings. The molecular formula is C12H14BNO. The van der Waals surface area contributed by atoms with Crippen molar-refractivity contribution < 1.29 is 4.79 Å². The number of carbonyl (C=O) groups is 1. The Balaban J connectivity index is 2.40. The predicted octanol–water partition coefficient (Wildman–Crippen LogP) is 0.887. The molecule has 3 heteroatoms. The molecular weight excluding hydrogens is 185 g/mol. The third-order valence-corrected chi connectivity index (χ3v) is 2.87. The Kier molecular flexibility index (Phi) is 2.55. The number of hydrogen-bond donors (Lipinski definition) is 0. The molecule has 0 unspecified atom stereocenters. The minimum Gasteiger partial charge on any atom is -0.336 e. The van der Waals surface area contributed by atoms with Crippen molar-refractivity contribution >= 4 is 19.2 Å². The second-order valence-electron chi connectivity index (χ2n) is 4.26. The summed E-state index contributed by atoms with van der Waals surface area (Å²) in [5, 5.41) is 0. The zero-order valence-corrected chi connectivity index (χ0v) is 9.16. The van der Waals surface area contributed by atoms with Gasteiger partial charge in [-0.2, -0.15) is 0 Å². The molecule has 0 aromatic heterocycles. The molecule has 0 aliphatic carbocycles. The first-order valence-corrected chi connectivity index (χ1v) is 5.29. The molecule has 1 aromatic carbocycles. The van der Waals surface area contributed by atoms with E-state index in [1.54, 1.807) is 6.07 Å². The summed E-state index contributed by atoms with van der Waals surface area (Å²) >= 11 is 0. The van der Waals surface area contributed by atoms with Gasteiger partial charge in [-0.05, 0) is 25.8 Å². The van der Waals surface area contributed by atoms with Crippen LogP contribution >= 0.6 is 0 Å². The second-order valence-corrected chi connectivity index (χ2v) is 4.26. The van der Waals surface area contributed by atoms with Gasteiger partial charge in [0.05, 0.1) is 0 Å². The van der Waals surface area contributed by atoms with Gasteiger partial charge in [-0.25, -0.2) is 0 Å². The van der Waals surface area contributed by atoms with E-state index in [-0.39, 0.29) is 11.9 Å². The zero-order valence-electron chi connectivity index (χ0n) is 9.16. The van der Waals surface area contributed by atoms with Crippen molar-refractivity contribution in [2.24, 2.45) is 0 Å². The van der Waals surface area contributed by atoms with Crippen LogP contribution in [0.2, 0.25) is 0 Å². The van der Waals surface area contributed by atoms with Crippen molar-refractivity contribution in [1.82, 2.24) is 4.90 Å². The van der Waals surface area contributed by atoms with Gasteiger partial charge in [-0.1, -0.05) is 23.7 Å². The van der Waals surface area contributed by atoms with Gasteiger partial charge in [0.1, 0.15) is 7.85 Å². The zero-order chi connectivity index (χ0) is 11.0. The van der Waals surface area contributed by atoms with E-state index in [0.29, 0.717) is 5.46 Å². The van der Waals surface area contributed by atoms with Gasteiger partial charge >= 0.3 is 0 Å². The van der Waals surface area contributed by atoms with E-state index in [1.165, 1.54) is 0 Å². The Morgan fingerprint density at radius 2 is 2.13 bits per heavy atom. The van der Waals surface area contributed by atoms with Crippen molar-refractivity contribution in [2.75, 3.05) is 6.54 Å². The lowest BCUT2D eigenvalue weighted by Crippen LogP contribution is -2.42. The number of benzene rings is 1. The van der Waals surface area contributed by atoms with E-state index in [2.05, 4.69) is 0 Å². The molecule has 1 aliphatic rings. The highest BCUT2D eigenvalue weighted by molar-refractivity contribution is 6.32. The number of hydrogen-bond acceptors (Lipinski definition) is 1. The van der Waals surface area contributed by atoms with Crippen molar-refractivity contribution in [1.29, 1.82) is 0 Å². The van der Waals surface area contributed by atoms with Crippen LogP contribution in [0.3, 0.4) is 0 Å². The van der Waals surface area contributed by atoms with Crippen molar-refractivity contribution in [3.05, 3.63) is 29.3 Å². The summed E-state index contributed by atoms with van der Waals surface area (Å²) in [7, 11) is 5.69. The van der Waals surface area contributed by atoms with Gasteiger partial charge < -0.3 is 4.90 Å². The highest BCUT2D eigenvalue weighted by atomic mass is 16.2. The van der Waals surface area contributed by atoms with Crippen LogP contribution in [-0.2, 0) is 6.42 Å². The topological polar surface area (TPSA) is 20.3 Å². The van der Waals surface area contributed by atoms with Crippen molar-refractivity contribution in [3.63, 3.8) is 0 Å². The van der Waals surface area contributed by atoms with Gasteiger partial charge in [0.25, 0.3) is 5.91 Å². The van der Waals surface area contributed by atoms with E-state index in [4.69, 9.17) is 7.85 Å². The maximum atomic E-state index is 12.1. The molecule has 0 bridgehead atoms. The lowest BCUT2D eigenvalue weighted by Gasteiger charge is -2.32. The highest BCUT2D eigenvalue weighted by Gasteiger charge is 2.25. The molecule has 1 amide bonds. The van der Waals surface area contributed by atoms with Crippen LogP contribution in [0.5, 0.6) is 0 Å². The molecule has 2 nitrogen and oxygen atoms in total. The highest BCUT2D eigenvalue weighted by Crippen LogP contribution is 2.19. The molecule has 0 saturated heterocycles. The third-order valence-electron chi connectivity index (χ3n) is 2.87. The minimum absolute atomic E-state index is 0.110. The number of amides is 1. The molecule has 0 saturated carbocycles. The first-order chi connectivity index (χ1) is 7.09. The number of nitrogens with zero attached hydrogens (tertiary/aromatic N) is 1. The van der Waals surface area contributed by atoms with Crippen molar-refractivity contribution in [2.45, 2.75) is 26.3 Å². The van der Waals surface area contributed by atoms with E-state index >= 15 is 0 Å². The monoisotopic (exact) mass is 199 g/mol. The summed E-state index contributed by atoms with van der Waals surface area (Å²) in [5.74, 6) is 0.110. The van der Waals surface area contributed by atoms with Gasteiger partial charge in [-0.15, -0.1) is 0 Å². The van der Waals surface area contributed by atoms with Crippen LogP contribution < -0.4 is 5.46 Å².